The molecule has 0 heterocycles. The number of quaternary nitrogens is 1. The molecule has 0 saturated carbocycles. The maximum atomic E-state index is 13.6. The molecule has 0 aromatic rings. The number of amides is 1. The smallest absolute Gasteiger partial charge is 0.456 e. The van der Waals surface area contributed by atoms with Gasteiger partial charge in [-0.3, -0.25) is 18.6 Å². The van der Waals surface area contributed by atoms with Crippen LogP contribution in [-0.4, -0.2) is 74.3 Å². The van der Waals surface area contributed by atoms with E-state index in [-0.39, 0.29) is 31.5 Å². The Morgan fingerprint density at radius 3 is 1.22 bits per heavy atom. The Morgan fingerprint density at radius 1 is 0.456 bits per heavy atom. The number of carbonyl (C=O) groups excluding carboxylic acids is 2. The van der Waals surface area contributed by atoms with Crippen molar-refractivity contribution in [2.45, 2.75) is 277 Å². The lowest BCUT2D eigenvalue weighted by atomic mass is 10.0. The predicted molar refractivity (Wildman–Crippen MR) is 341 cm³/mol. The average molecular weight is 1120 g/mol. The van der Waals surface area contributed by atoms with Gasteiger partial charge in [-0.15, -0.1) is 0 Å². The molecule has 9 nitrogen and oxygen atoms in total. The van der Waals surface area contributed by atoms with Gasteiger partial charge in [0.15, 0.2) is 0 Å². The molecule has 0 spiro atoms. The summed E-state index contributed by atoms with van der Waals surface area (Å²) in [7, 11) is 1.47. The van der Waals surface area contributed by atoms with Crippen molar-refractivity contribution >= 4 is 19.7 Å². The molecule has 454 valence electrons. The molecule has 0 aromatic carbocycles. The van der Waals surface area contributed by atoms with Crippen LogP contribution in [0.4, 0.5) is 0 Å². The number of unbranched alkanes of at least 4 members (excludes halogenated alkanes) is 25. The molecule has 3 unspecified atom stereocenters. The van der Waals surface area contributed by atoms with Crippen LogP contribution in [0.5, 0.6) is 0 Å². The number of nitrogens with one attached hydrogen (secondary N) is 1. The van der Waals surface area contributed by atoms with Crippen LogP contribution in [0.25, 0.3) is 0 Å². The van der Waals surface area contributed by atoms with Gasteiger partial charge in [-0.1, -0.05) is 252 Å². The number of hydrogen-bond donors (Lipinski definition) is 2. The minimum atomic E-state index is -4.46. The number of allylic oxidation sites excluding steroid dienone is 17. The van der Waals surface area contributed by atoms with E-state index in [1.165, 1.54) is 96.3 Å². The highest BCUT2D eigenvalue weighted by molar-refractivity contribution is 7.47. The molecule has 0 fully saturated rings. The molecule has 79 heavy (non-hydrogen) atoms. The number of nitrogens with zero attached hydrogens (tertiary/aromatic N) is 1. The predicted octanol–water partition coefficient (Wildman–Crippen LogP) is 20.1. The third-order valence-electron chi connectivity index (χ3n) is 13.7. The summed E-state index contributed by atoms with van der Waals surface area (Å²) in [6.07, 6.45) is 79.5. The Hall–Kier alpha value is -3.33. The van der Waals surface area contributed by atoms with Gasteiger partial charge in [0.1, 0.15) is 19.3 Å². The van der Waals surface area contributed by atoms with Crippen molar-refractivity contribution in [1.29, 1.82) is 0 Å². The van der Waals surface area contributed by atoms with Crippen LogP contribution in [0.1, 0.15) is 265 Å². The molecule has 0 aromatic heterocycles. The zero-order chi connectivity index (χ0) is 57.9. The van der Waals surface area contributed by atoms with Crippen LogP contribution in [-0.2, 0) is 27.9 Å². The van der Waals surface area contributed by atoms with Gasteiger partial charge >= 0.3 is 13.8 Å². The van der Waals surface area contributed by atoms with Crippen LogP contribution in [0.2, 0.25) is 0 Å². The molecule has 1 amide bonds. The molecule has 0 aliphatic heterocycles. The van der Waals surface area contributed by atoms with Crippen molar-refractivity contribution in [3.05, 3.63) is 109 Å². The van der Waals surface area contributed by atoms with E-state index < -0.39 is 20.0 Å². The van der Waals surface area contributed by atoms with E-state index in [0.717, 1.165) is 128 Å². The lowest BCUT2D eigenvalue weighted by Gasteiger charge is -2.27. The van der Waals surface area contributed by atoms with Gasteiger partial charge < -0.3 is 19.4 Å². The van der Waals surface area contributed by atoms with Crippen LogP contribution in [0, 0.1) is 0 Å². The van der Waals surface area contributed by atoms with Gasteiger partial charge in [-0.05, 0) is 109 Å². The number of likely N-dealkylation sites (N-methyl/N-ethyl adjacent to an activating group) is 1. The molecule has 2 N–H and O–H groups in total. The molecular weight excluding hydrogens is 1000 g/mol. The summed E-state index contributed by atoms with van der Waals surface area (Å²) in [6.45, 7) is 6.76. The van der Waals surface area contributed by atoms with Gasteiger partial charge in [0, 0.05) is 12.8 Å². The van der Waals surface area contributed by atoms with Crippen molar-refractivity contribution in [3.8, 4) is 0 Å². The summed E-state index contributed by atoms with van der Waals surface area (Å²) in [5.41, 5.74) is 0. The van der Waals surface area contributed by atoms with E-state index >= 15 is 0 Å². The van der Waals surface area contributed by atoms with E-state index in [1.807, 2.05) is 33.3 Å². The first kappa shape index (κ1) is 75.7. The SMILES string of the molecule is CC/C=C\C/C=C\C/C=C\C/C=C\C/C=C\CCCCCCCCCCCCCC(=O)NC(COP(=O)(O)OCC[N+](C)(C)C)C(/C=C\CCCCCCCCCCCC)OC(=O)CCCCCC/C=C/C/C=C/C/C=C/CC. The second kappa shape index (κ2) is 57.9. The number of esters is 1. The molecule has 10 heteroatoms. The van der Waals surface area contributed by atoms with E-state index in [9.17, 15) is 19.0 Å². The van der Waals surface area contributed by atoms with E-state index in [1.54, 1.807) is 0 Å². The fraction of sp³-hybridized carbons (Fsp3) is 0.710. The minimum absolute atomic E-state index is 0.0310. The molecule has 0 bridgehead atoms. The third-order valence-corrected chi connectivity index (χ3v) is 14.7. The fourth-order valence-electron chi connectivity index (χ4n) is 8.80. The number of ether oxygens (including phenoxy) is 1. The molecule has 0 rings (SSSR count). The normalized spacial score (nSPS) is 14.4. The van der Waals surface area contributed by atoms with E-state index in [0.29, 0.717) is 23.9 Å². The van der Waals surface area contributed by atoms with Crippen LogP contribution in [0.15, 0.2) is 109 Å². The molecule has 3 atom stereocenters. The van der Waals surface area contributed by atoms with Crippen molar-refractivity contribution in [1.82, 2.24) is 5.32 Å². The van der Waals surface area contributed by atoms with Gasteiger partial charge in [-0.25, -0.2) is 4.57 Å². The number of rotatable bonds is 57. The van der Waals surface area contributed by atoms with Gasteiger partial charge in [-0.2, -0.15) is 0 Å². The third kappa shape index (κ3) is 59.1. The average Bonchev–Trinajstić information content (AvgIpc) is 3.41. The van der Waals surface area contributed by atoms with Crippen molar-refractivity contribution < 1.29 is 37.3 Å². The lowest BCUT2D eigenvalue weighted by Crippen LogP contribution is -2.47. The molecular formula is C69H122N2O7P+. The highest BCUT2D eigenvalue weighted by atomic mass is 31.2. The zero-order valence-electron chi connectivity index (χ0n) is 51.8. The van der Waals surface area contributed by atoms with Crippen molar-refractivity contribution in [2.24, 2.45) is 0 Å². The highest BCUT2D eigenvalue weighted by Gasteiger charge is 2.30. The Bertz CT molecular complexity index is 1720. The van der Waals surface area contributed by atoms with Gasteiger partial charge in [0.05, 0.1) is 33.8 Å². The summed E-state index contributed by atoms with van der Waals surface area (Å²) in [4.78, 5) is 37.7. The Morgan fingerprint density at radius 2 is 0.810 bits per heavy atom. The fourth-order valence-corrected chi connectivity index (χ4v) is 9.54. The van der Waals surface area contributed by atoms with Crippen LogP contribution >= 0.6 is 7.82 Å². The Labute approximate surface area is 487 Å². The van der Waals surface area contributed by atoms with Crippen LogP contribution < -0.4 is 5.32 Å². The van der Waals surface area contributed by atoms with E-state index in [2.05, 4.69) is 123 Å². The van der Waals surface area contributed by atoms with Crippen LogP contribution in [0.3, 0.4) is 0 Å². The topological polar surface area (TPSA) is 111 Å². The molecule has 0 radical (unpaired) electrons. The Balaban J connectivity index is 5.11. The number of carbonyl (C=O) groups is 2. The molecule has 0 saturated heterocycles. The first-order chi connectivity index (χ1) is 38.4. The zero-order valence-corrected chi connectivity index (χ0v) is 52.7. The Kier molecular flexibility index (Phi) is 55.4. The summed E-state index contributed by atoms with van der Waals surface area (Å²) in [6, 6.07) is -0.865. The van der Waals surface area contributed by atoms with Crippen molar-refractivity contribution in [2.75, 3.05) is 40.9 Å². The maximum Gasteiger partial charge on any atom is 0.472 e. The first-order valence-electron chi connectivity index (χ1n) is 32.2. The summed E-state index contributed by atoms with van der Waals surface area (Å²) >= 11 is 0. The summed E-state index contributed by atoms with van der Waals surface area (Å²) < 4.78 is 30.7. The standard InChI is InChI=1S/C69H121N2O7P/c1-7-10-13-16-19-22-25-28-30-31-32-33-34-35-36-37-38-39-40-41-42-43-46-49-52-55-58-61-68(72)70-66(65-77-79(74,75)76-64-63-71(4,5)6)67(60-57-54-51-48-45-27-24-21-18-15-12-9-3)78-69(73)62-59-56-53-50-47-44-29-26-23-20-17-14-11-8-2/h10-11,13-14,19-20,22-23,28-30,32-33,35-36,44,57,60,66-67H,7-9,12,15-18,21,24-27,31,34,37-43,45-56,58-59,61-65H2,1-6H3,(H-,70,72,74,75)/p+1/b13-10-,14-11+,22-19-,23-20+,30-28-,33-32-,36-35-,44-29+,60-57-. The number of phosphoric ester groups is 1. The monoisotopic (exact) mass is 1120 g/mol. The second-order valence-electron chi connectivity index (χ2n) is 22.5. The van der Waals surface area contributed by atoms with Crippen molar-refractivity contribution in [3.63, 3.8) is 0 Å². The maximum absolute atomic E-state index is 13.6. The second-order valence-corrected chi connectivity index (χ2v) is 24.0. The lowest BCUT2D eigenvalue weighted by molar-refractivity contribution is -0.870. The minimum Gasteiger partial charge on any atom is -0.456 e. The molecule has 0 aliphatic rings. The number of phosphoric acid groups is 1. The quantitative estimate of drug-likeness (QED) is 0.0205. The van der Waals surface area contributed by atoms with E-state index in [4.69, 9.17) is 13.8 Å². The van der Waals surface area contributed by atoms with Gasteiger partial charge in [0.2, 0.25) is 5.91 Å². The van der Waals surface area contributed by atoms with Gasteiger partial charge in [0.25, 0.3) is 0 Å². The summed E-state index contributed by atoms with van der Waals surface area (Å²) in [5, 5.41) is 3.05. The first-order valence-corrected chi connectivity index (χ1v) is 33.7. The number of hydrogen-bond acceptors (Lipinski definition) is 6. The largest absolute Gasteiger partial charge is 0.472 e. The highest BCUT2D eigenvalue weighted by Crippen LogP contribution is 2.43. The summed E-state index contributed by atoms with van der Waals surface area (Å²) in [5.74, 6) is -0.538. The molecule has 0 aliphatic carbocycles.